The first-order chi connectivity index (χ1) is 13.7. The molecule has 1 aromatic carbocycles. The number of hydrazone groups is 1. The van der Waals surface area contributed by atoms with Crippen molar-refractivity contribution in [3.05, 3.63) is 66.1 Å². The predicted octanol–water partition coefficient (Wildman–Crippen LogP) is 0.146. The van der Waals surface area contributed by atoms with Gasteiger partial charge in [0.05, 0.1) is 17.5 Å². The Labute approximate surface area is 166 Å². The topological polar surface area (TPSA) is 146 Å². The third kappa shape index (κ3) is 3.78. The van der Waals surface area contributed by atoms with E-state index in [0.717, 1.165) is 4.57 Å². The lowest BCUT2D eigenvalue weighted by Crippen LogP contribution is -2.37. The van der Waals surface area contributed by atoms with Gasteiger partial charge in [-0.15, -0.1) is 0 Å². The number of aryl methyl sites for hydroxylation is 1. The van der Waals surface area contributed by atoms with Crippen LogP contribution in [-0.4, -0.2) is 35.7 Å². The molecule has 0 saturated heterocycles. The van der Waals surface area contributed by atoms with Gasteiger partial charge in [-0.2, -0.15) is 5.10 Å². The number of rotatable bonds is 5. The third-order valence-corrected chi connectivity index (χ3v) is 4.45. The van der Waals surface area contributed by atoms with Crippen LogP contribution in [0.25, 0.3) is 11.2 Å². The van der Waals surface area contributed by atoms with Gasteiger partial charge in [-0.25, -0.2) is 15.2 Å². The molecule has 2 heterocycles. The Balaban J connectivity index is 1.80. The summed E-state index contributed by atoms with van der Waals surface area (Å²) in [5.41, 5.74) is 1.45. The Morgan fingerprint density at radius 2 is 2.07 bits per heavy atom. The van der Waals surface area contributed by atoms with E-state index in [0.29, 0.717) is 0 Å². The summed E-state index contributed by atoms with van der Waals surface area (Å²) in [5, 5.41) is 14.8. The monoisotopic (exact) mass is 419 g/mol. The fourth-order valence-corrected chi connectivity index (χ4v) is 2.83. The number of nitro benzene ring substituents is 1. The SMILES string of the molecule is Cn1c(=O)c2ncn(CC(=O)N/N=C\c3cc([N+](=O)[O-])ccc3Cl)c2n(C)c1=O. The molecular formula is C16H14ClN7O5. The molecule has 0 unspecified atom stereocenters. The number of non-ortho nitro benzene ring substituents is 1. The summed E-state index contributed by atoms with van der Waals surface area (Å²) in [5.74, 6) is -0.574. The molecule has 0 atom stereocenters. The van der Waals surface area contributed by atoms with Crippen molar-refractivity contribution in [1.82, 2.24) is 24.1 Å². The number of nitrogens with zero attached hydrogens (tertiary/aromatic N) is 6. The summed E-state index contributed by atoms with van der Waals surface area (Å²) >= 11 is 5.95. The fourth-order valence-electron chi connectivity index (χ4n) is 2.66. The molecule has 3 rings (SSSR count). The number of carbonyl (C=O) groups is 1. The van der Waals surface area contributed by atoms with E-state index >= 15 is 0 Å². The second-order valence-electron chi connectivity index (χ2n) is 6.01. The average molecular weight is 420 g/mol. The van der Waals surface area contributed by atoms with E-state index in [1.807, 2.05) is 0 Å². The Bertz CT molecular complexity index is 1290. The van der Waals surface area contributed by atoms with Gasteiger partial charge >= 0.3 is 5.69 Å². The van der Waals surface area contributed by atoms with Crippen LogP contribution in [0.1, 0.15) is 5.56 Å². The summed E-state index contributed by atoms with van der Waals surface area (Å²) in [7, 11) is 2.80. The zero-order valence-corrected chi connectivity index (χ0v) is 16.0. The van der Waals surface area contributed by atoms with Crippen LogP contribution in [0.5, 0.6) is 0 Å². The van der Waals surface area contributed by atoms with Gasteiger partial charge in [0.25, 0.3) is 17.2 Å². The molecule has 0 bridgehead atoms. The van der Waals surface area contributed by atoms with Crippen molar-refractivity contribution in [2.75, 3.05) is 0 Å². The molecule has 0 saturated carbocycles. The zero-order chi connectivity index (χ0) is 21.3. The van der Waals surface area contributed by atoms with Crippen molar-refractivity contribution in [1.29, 1.82) is 0 Å². The van der Waals surface area contributed by atoms with Crippen molar-refractivity contribution < 1.29 is 9.72 Å². The molecule has 3 aromatic rings. The number of nitrogens with one attached hydrogen (secondary N) is 1. The van der Waals surface area contributed by atoms with E-state index < -0.39 is 22.1 Å². The quantitative estimate of drug-likeness (QED) is 0.353. The Hall–Kier alpha value is -3.80. The normalized spacial score (nSPS) is 11.3. The largest absolute Gasteiger partial charge is 0.332 e. The maximum Gasteiger partial charge on any atom is 0.332 e. The standard InChI is InChI=1S/C16H14ClN7O5/c1-21-14-13(15(26)22(2)16(21)27)18-8-23(14)7-12(25)20-19-6-9-5-10(24(28)29)3-4-11(9)17/h3-6,8H,7H2,1-2H3,(H,20,25)/b19-6-. The van der Waals surface area contributed by atoms with Crippen molar-refractivity contribution in [2.24, 2.45) is 19.2 Å². The van der Waals surface area contributed by atoms with E-state index in [1.54, 1.807) is 0 Å². The highest BCUT2D eigenvalue weighted by atomic mass is 35.5. The lowest BCUT2D eigenvalue weighted by molar-refractivity contribution is -0.384. The minimum absolute atomic E-state index is 0.0503. The molecule has 0 aliphatic heterocycles. The maximum absolute atomic E-state index is 12.2. The van der Waals surface area contributed by atoms with E-state index in [-0.39, 0.29) is 34.0 Å². The van der Waals surface area contributed by atoms with Gasteiger partial charge in [0.2, 0.25) is 0 Å². The van der Waals surface area contributed by atoms with Gasteiger partial charge in [0.15, 0.2) is 5.52 Å². The molecular weight excluding hydrogens is 406 g/mol. The van der Waals surface area contributed by atoms with Crippen LogP contribution in [-0.2, 0) is 25.4 Å². The molecule has 1 N–H and O–H groups in total. The molecule has 0 spiro atoms. The first-order valence-corrected chi connectivity index (χ1v) is 8.45. The van der Waals surface area contributed by atoms with Crippen LogP contribution in [0, 0.1) is 10.1 Å². The van der Waals surface area contributed by atoms with E-state index in [9.17, 15) is 24.5 Å². The van der Waals surface area contributed by atoms with Crippen LogP contribution in [0.4, 0.5) is 5.69 Å². The lowest BCUT2D eigenvalue weighted by atomic mass is 10.2. The fraction of sp³-hybridized carbons (Fsp3) is 0.188. The highest BCUT2D eigenvalue weighted by Gasteiger charge is 2.15. The number of hydrogen-bond donors (Lipinski definition) is 1. The van der Waals surface area contributed by atoms with Crippen LogP contribution in [0.2, 0.25) is 5.02 Å². The average Bonchev–Trinajstić information content (AvgIpc) is 3.09. The molecule has 0 fully saturated rings. The van der Waals surface area contributed by atoms with Gasteiger partial charge in [-0.05, 0) is 6.07 Å². The predicted molar refractivity (Wildman–Crippen MR) is 104 cm³/mol. The molecule has 150 valence electrons. The molecule has 29 heavy (non-hydrogen) atoms. The molecule has 2 aromatic heterocycles. The highest BCUT2D eigenvalue weighted by molar-refractivity contribution is 6.33. The van der Waals surface area contributed by atoms with Gasteiger partial charge in [-0.1, -0.05) is 11.6 Å². The van der Waals surface area contributed by atoms with Gasteiger partial charge in [-0.3, -0.25) is 28.8 Å². The first kappa shape index (κ1) is 19.9. The minimum Gasteiger partial charge on any atom is -0.307 e. The Morgan fingerprint density at radius 3 is 2.76 bits per heavy atom. The van der Waals surface area contributed by atoms with Crippen molar-refractivity contribution in [3.63, 3.8) is 0 Å². The van der Waals surface area contributed by atoms with E-state index in [1.165, 1.54) is 54.0 Å². The lowest BCUT2D eigenvalue weighted by Gasteiger charge is -2.07. The summed E-state index contributed by atoms with van der Waals surface area (Å²) < 4.78 is 3.47. The number of amides is 1. The molecule has 1 amide bonds. The number of nitro groups is 1. The molecule has 0 radical (unpaired) electrons. The summed E-state index contributed by atoms with van der Waals surface area (Å²) in [6.45, 7) is -0.267. The van der Waals surface area contributed by atoms with Crippen molar-refractivity contribution in [2.45, 2.75) is 6.54 Å². The second-order valence-corrected chi connectivity index (χ2v) is 6.41. The number of aromatic nitrogens is 4. The van der Waals surface area contributed by atoms with Crippen LogP contribution in [0.3, 0.4) is 0 Å². The Kier molecular flexibility index (Phi) is 5.28. The summed E-state index contributed by atoms with van der Waals surface area (Å²) in [4.78, 5) is 50.6. The van der Waals surface area contributed by atoms with Gasteiger partial charge in [0, 0.05) is 36.8 Å². The summed E-state index contributed by atoms with van der Waals surface area (Å²) in [6, 6.07) is 3.81. The number of carbonyl (C=O) groups excluding carboxylic acids is 1. The summed E-state index contributed by atoms with van der Waals surface area (Å²) in [6.07, 6.45) is 2.44. The molecule has 13 heteroatoms. The molecule has 12 nitrogen and oxygen atoms in total. The van der Waals surface area contributed by atoms with Crippen molar-refractivity contribution >= 4 is 40.6 Å². The van der Waals surface area contributed by atoms with E-state index in [4.69, 9.17) is 11.6 Å². The first-order valence-electron chi connectivity index (χ1n) is 8.07. The number of halogens is 1. The number of hydrogen-bond acceptors (Lipinski definition) is 7. The van der Waals surface area contributed by atoms with Crippen molar-refractivity contribution in [3.8, 4) is 0 Å². The van der Waals surface area contributed by atoms with Gasteiger partial charge < -0.3 is 4.57 Å². The number of imidazole rings is 1. The third-order valence-electron chi connectivity index (χ3n) is 4.11. The van der Waals surface area contributed by atoms with Crippen LogP contribution < -0.4 is 16.7 Å². The number of benzene rings is 1. The Morgan fingerprint density at radius 1 is 1.34 bits per heavy atom. The minimum atomic E-state index is -0.578. The highest BCUT2D eigenvalue weighted by Crippen LogP contribution is 2.20. The smallest absolute Gasteiger partial charge is 0.307 e. The molecule has 0 aliphatic rings. The maximum atomic E-state index is 12.2. The zero-order valence-electron chi connectivity index (χ0n) is 15.2. The van der Waals surface area contributed by atoms with Gasteiger partial charge in [0.1, 0.15) is 12.2 Å². The van der Waals surface area contributed by atoms with Crippen LogP contribution in [0.15, 0.2) is 39.2 Å². The van der Waals surface area contributed by atoms with Crippen LogP contribution >= 0.6 is 11.6 Å². The molecule has 0 aliphatic carbocycles. The van der Waals surface area contributed by atoms with E-state index in [2.05, 4.69) is 15.5 Å². The number of fused-ring (bicyclic) bond motifs is 1. The second kappa shape index (κ2) is 7.67.